The van der Waals surface area contributed by atoms with Gasteiger partial charge in [-0.1, -0.05) is 0 Å². The van der Waals surface area contributed by atoms with E-state index in [0.717, 1.165) is 0 Å². The largest absolute Gasteiger partial charge is 0.354 e. The van der Waals surface area contributed by atoms with Crippen LogP contribution in [0, 0.1) is 0 Å². The van der Waals surface area contributed by atoms with Gasteiger partial charge in [0.25, 0.3) is 0 Å². The maximum absolute atomic E-state index is 11.0. The second-order valence-corrected chi connectivity index (χ2v) is 2.25. The average Bonchev–Trinajstić information content (AvgIpc) is 2.34. The van der Waals surface area contributed by atoms with E-state index >= 15 is 0 Å². The molecule has 0 saturated carbocycles. The molecule has 2 heterocycles. The van der Waals surface area contributed by atoms with E-state index in [9.17, 15) is 9.59 Å². The van der Waals surface area contributed by atoms with Crippen molar-refractivity contribution in [2.24, 2.45) is 0 Å². The van der Waals surface area contributed by atoms with Gasteiger partial charge in [0, 0.05) is 13.1 Å². The molecule has 2 N–H and O–H groups in total. The molecule has 0 saturated heterocycles. The van der Waals surface area contributed by atoms with E-state index in [1.165, 1.54) is 4.57 Å². The van der Waals surface area contributed by atoms with Gasteiger partial charge in [-0.2, -0.15) is 4.98 Å². The van der Waals surface area contributed by atoms with Gasteiger partial charge < -0.3 is 5.32 Å². The summed E-state index contributed by atoms with van der Waals surface area (Å²) < 4.78 is 1.39. The van der Waals surface area contributed by atoms with Crippen molar-refractivity contribution >= 4 is 5.95 Å². The molecule has 0 unspecified atom stereocenters. The molecule has 11 heavy (non-hydrogen) atoms. The Bertz CT molecular complexity index is 390. The maximum Gasteiger partial charge on any atom is 0.352 e. The first-order valence-electron chi connectivity index (χ1n) is 3.22. The van der Waals surface area contributed by atoms with E-state index in [0.29, 0.717) is 19.0 Å². The van der Waals surface area contributed by atoms with Crippen molar-refractivity contribution in [1.29, 1.82) is 0 Å². The molecule has 0 aromatic carbocycles. The van der Waals surface area contributed by atoms with E-state index in [-0.39, 0.29) is 0 Å². The van der Waals surface area contributed by atoms with Crippen molar-refractivity contribution in [2.45, 2.75) is 6.54 Å². The fourth-order valence-electron chi connectivity index (χ4n) is 1.06. The summed E-state index contributed by atoms with van der Waals surface area (Å²) in [6, 6.07) is 0. The molecule has 0 spiro atoms. The van der Waals surface area contributed by atoms with Crippen LogP contribution in [-0.4, -0.2) is 21.1 Å². The minimum absolute atomic E-state index is 0.360. The third-order valence-corrected chi connectivity index (χ3v) is 1.54. The Hall–Kier alpha value is -1.59. The highest BCUT2D eigenvalue weighted by Gasteiger charge is 2.11. The molecule has 6 heteroatoms. The summed E-state index contributed by atoms with van der Waals surface area (Å²) in [5, 5.41) is 2.81. The molecule has 1 aromatic heterocycles. The Morgan fingerprint density at radius 3 is 3.09 bits per heavy atom. The van der Waals surface area contributed by atoms with Gasteiger partial charge in [-0.25, -0.2) is 9.59 Å². The average molecular weight is 154 g/mol. The second-order valence-electron chi connectivity index (χ2n) is 2.25. The number of nitrogens with zero attached hydrogens (tertiary/aromatic N) is 2. The molecule has 0 atom stereocenters. The highest BCUT2D eigenvalue weighted by molar-refractivity contribution is 5.27. The molecule has 0 amide bonds. The third kappa shape index (κ3) is 0.830. The lowest BCUT2D eigenvalue weighted by molar-refractivity contribution is 0.716. The number of hydrogen-bond acceptors (Lipinski definition) is 4. The Labute approximate surface area is 60.9 Å². The Morgan fingerprint density at radius 2 is 2.27 bits per heavy atom. The lowest BCUT2D eigenvalue weighted by atomic mass is 10.7. The summed E-state index contributed by atoms with van der Waals surface area (Å²) >= 11 is 0. The standard InChI is InChI=1S/C5H6N4O2/c10-4-7-3-6-1-2-9(3)5(11)8-4/h1-2H2,(H2,6,7,8,10,11). The number of hydrogen-bond donors (Lipinski definition) is 2. The normalized spacial score (nSPS) is 14.2. The summed E-state index contributed by atoms with van der Waals surface area (Å²) in [7, 11) is 0. The monoisotopic (exact) mass is 154 g/mol. The van der Waals surface area contributed by atoms with Crippen LogP contribution >= 0.6 is 0 Å². The molecule has 0 radical (unpaired) electrons. The van der Waals surface area contributed by atoms with Crippen LogP contribution in [0.15, 0.2) is 9.59 Å². The SMILES string of the molecule is O=c1nc2n(c(=O)[nH]1)CCN2. The van der Waals surface area contributed by atoms with Crippen LogP contribution < -0.4 is 16.7 Å². The Balaban J connectivity index is 2.80. The van der Waals surface area contributed by atoms with Crippen molar-refractivity contribution in [3.05, 3.63) is 21.0 Å². The molecule has 0 bridgehead atoms. The molecule has 1 aromatic rings. The van der Waals surface area contributed by atoms with Gasteiger partial charge in [-0.3, -0.25) is 9.55 Å². The number of nitrogens with one attached hydrogen (secondary N) is 2. The summed E-state index contributed by atoms with van der Waals surface area (Å²) in [4.78, 5) is 27.2. The summed E-state index contributed by atoms with van der Waals surface area (Å²) in [6.07, 6.45) is 0. The van der Waals surface area contributed by atoms with Crippen LogP contribution in [0.5, 0.6) is 0 Å². The predicted octanol–water partition coefficient (Wildman–Crippen LogP) is -1.64. The zero-order chi connectivity index (χ0) is 7.84. The highest BCUT2D eigenvalue weighted by atomic mass is 16.2. The molecular formula is C5H6N4O2. The highest BCUT2D eigenvalue weighted by Crippen LogP contribution is 2.01. The topological polar surface area (TPSA) is 79.8 Å². The van der Waals surface area contributed by atoms with Crippen LogP contribution in [0.25, 0.3) is 0 Å². The molecule has 58 valence electrons. The predicted molar refractivity (Wildman–Crippen MR) is 37.6 cm³/mol. The minimum Gasteiger partial charge on any atom is -0.354 e. The van der Waals surface area contributed by atoms with Gasteiger partial charge in [0.2, 0.25) is 5.95 Å². The number of anilines is 1. The zero-order valence-electron chi connectivity index (χ0n) is 5.63. The first kappa shape index (κ1) is 6.14. The van der Waals surface area contributed by atoms with E-state index in [1.807, 2.05) is 0 Å². The van der Waals surface area contributed by atoms with E-state index in [1.54, 1.807) is 0 Å². The molecule has 2 rings (SSSR count). The first-order chi connectivity index (χ1) is 5.27. The first-order valence-corrected chi connectivity index (χ1v) is 3.22. The van der Waals surface area contributed by atoms with Crippen LogP contribution in [-0.2, 0) is 6.54 Å². The van der Waals surface area contributed by atoms with Crippen molar-refractivity contribution in [1.82, 2.24) is 14.5 Å². The molecule has 1 aliphatic rings. The molecule has 1 aliphatic heterocycles. The zero-order valence-corrected chi connectivity index (χ0v) is 5.63. The van der Waals surface area contributed by atoms with Crippen LogP contribution in [0.3, 0.4) is 0 Å². The number of aromatic nitrogens is 3. The molecule has 0 fully saturated rings. The van der Waals surface area contributed by atoms with E-state index in [2.05, 4.69) is 15.3 Å². The quantitative estimate of drug-likeness (QED) is 0.469. The Kier molecular flexibility index (Phi) is 1.09. The fraction of sp³-hybridized carbons (Fsp3) is 0.400. The number of H-pyrrole nitrogens is 1. The lowest BCUT2D eigenvalue weighted by Crippen LogP contribution is -2.30. The van der Waals surface area contributed by atoms with Crippen LogP contribution in [0.2, 0.25) is 0 Å². The van der Waals surface area contributed by atoms with Crippen LogP contribution in [0.1, 0.15) is 0 Å². The molecular weight excluding hydrogens is 148 g/mol. The fourth-order valence-corrected chi connectivity index (χ4v) is 1.06. The summed E-state index contributed by atoms with van der Waals surface area (Å²) in [5.74, 6) is 0.360. The van der Waals surface area contributed by atoms with Crippen LogP contribution in [0.4, 0.5) is 5.95 Å². The van der Waals surface area contributed by atoms with Gasteiger partial charge in [-0.05, 0) is 0 Å². The number of rotatable bonds is 0. The van der Waals surface area contributed by atoms with E-state index < -0.39 is 11.4 Å². The van der Waals surface area contributed by atoms with Gasteiger partial charge >= 0.3 is 11.4 Å². The maximum atomic E-state index is 11.0. The van der Waals surface area contributed by atoms with Crippen molar-refractivity contribution in [3.63, 3.8) is 0 Å². The molecule has 0 aliphatic carbocycles. The lowest BCUT2D eigenvalue weighted by Gasteiger charge is -1.95. The Morgan fingerprint density at radius 1 is 1.45 bits per heavy atom. The summed E-state index contributed by atoms with van der Waals surface area (Å²) in [5.41, 5.74) is -0.999. The second kappa shape index (κ2) is 1.94. The number of fused-ring (bicyclic) bond motifs is 1. The minimum atomic E-state index is -0.601. The van der Waals surface area contributed by atoms with Gasteiger partial charge in [-0.15, -0.1) is 0 Å². The van der Waals surface area contributed by atoms with Gasteiger partial charge in [0.1, 0.15) is 0 Å². The van der Waals surface area contributed by atoms with Crippen molar-refractivity contribution in [3.8, 4) is 0 Å². The van der Waals surface area contributed by atoms with Crippen molar-refractivity contribution in [2.75, 3.05) is 11.9 Å². The van der Waals surface area contributed by atoms with Crippen molar-refractivity contribution < 1.29 is 0 Å². The smallest absolute Gasteiger partial charge is 0.352 e. The summed E-state index contributed by atoms with van der Waals surface area (Å²) in [6.45, 7) is 1.22. The van der Waals surface area contributed by atoms with Gasteiger partial charge in [0.05, 0.1) is 0 Å². The van der Waals surface area contributed by atoms with E-state index in [4.69, 9.17) is 0 Å². The van der Waals surface area contributed by atoms with Gasteiger partial charge in [0.15, 0.2) is 0 Å². The molecule has 6 nitrogen and oxygen atoms in total. The number of aromatic amines is 1. The third-order valence-electron chi connectivity index (χ3n) is 1.54.